The number of carbonyl (C=O) groups is 3. The summed E-state index contributed by atoms with van der Waals surface area (Å²) in [6.07, 6.45) is 4.94. The molecule has 1 aliphatic heterocycles. The van der Waals surface area contributed by atoms with E-state index in [0.717, 1.165) is 32.1 Å². The van der Waals surface area contributed by atoms with Gasteiger partial charge in [-0.3, -0.25) is 14.4 Å². The zero-order valence-corrected chi connectivity index (χ0v) is 26.3. The van der Waals surface area contributed by atoms with E-state index >= 15 is 4.39 Å². The number of carbonyl (C=O) groups excluding carboxylic acids is 3. The predicted molar refractivity (Wildman–Crippen MR) is 165 cm³/mol. The lowest BCUT2D eigenvalue weighted by atomic mass is 9.69. The summed E-state index contributed by atoms with van der Waals surface area (Å²) in [4.78, 5) is 43.4. The quantitative estimate of drug-likeness (QED) is 0.276. The number of halogens is 1. The Morgan fingerprint density at radius 2 is 1.68 bits per heavy atom. The molecule has 2 aliphatic rings. The predicted octanol–water partition coefficient (Wildman–Crippen LogP) is 2.06. The minimum absolute atomic E-state index is 0.0378. The highest BCUT2D eigenvalue weighted by Gasteiger charge is 2.49. The van der Waals surface area contributed by atoms with E-state index in [1.54, 1.807) is 48.9 Å². The van der Waals surface area contributed by atoms with Gasteiger partial charge in [0.2, 0.25) is 11.8 Å². The van der Waals surface area contributed by atoms with Crippen LogP contribution >= 0.6 is 0 Å². The molecule has 4 rings (SSSR count). The van der Waals surface area contributed by atoms with E-state index < -0.39 is 17.4 Å². The second-order valence-electron chi connectivity index (χ2n) is 12.0. The van der Waals surface area contributed by atoms with Crippen LogP contribution in [-0.4, -0.2) is 109 Å². The first kappa shape index (κ1) is 33.8. The summed E-state index contributed by atoms with van der Waals surface area (Å²) in [6.45, 7) is 6.59. The molecule has 4 N–H and O–H groups in total. The molecule has 244 valence electrons. The number of likely N-dealkylation sites (N-methyl/N-ethyl adjacent to an activating group) is 1. The Hall–Kier alpha value is -3.06. The van der Waals surface area contributed by atoms with Crippen LogP contribution in [0, 0.1) is 24.6 Å². The lowest BCUT2D eigenvalue weighted by Crippen LogP contribution is -2.64. The van der Waals surface area contributed by atoms with Crippen LogP contribution in [0.4, 0.5) is 4.39 Å². The van der Waals surface area contributed by atoms with E-state index in [1.165, 1.54) is 0 Å². The molecule has 44 heavy (non-hydrogen) atoms. The van der Waals surface area contributed by atoms with Gasteiger partial charge in [-0.2, -0.15) is 0 Å². The van der Waals surface area contributed by atoms with E-state index in [1.807, 2.05) is 4.57 Å². The number of hydrogen-bond donors (Lipinski definition) is 3. The summed E-state index contributed by atoms with van der Waals surface area (Å²) >= 11 is 0. The van der Waals surface area contributed by atoms with Crippen molar-refractivity contribution in [3.8, 4) is 0 Å². The molecule has 1 unspecified atom stereocenters. The summed E-state index contributed by atoms with van der Waals surface area (Å²) in [5.74, 6) is -1.73. The Morgan fingerprint density at radius 1 is 1.05 bits per heavy atom. The zero-order chi connectivity index (χ0) is 31.9. The maximum absolute atomic E-state index is 15.3. The van der Waals surface area contributed by atoms with Crippen LogP contribution in [-0.2, 0) is 25.6 Å². The lowest BCUT2D eigenvalue weighted by molar-refractivity contribution is -0.147. The number of nitrogens with zero attached hydrogens (tertiary/aromatic N) is 3. The van der Waals surface area contributed by atoms with Crippen molar-refractivity contribution < 1.29 is 33.4 Å². The van der Waals surface area contributed by atoms with E-state index in [2.05, 4.69) is 5.32 Å². The second-order valence-corrected chi connectivity index (χ2v) is 12.0. The number of rotatable bonds is 14. The maximum Gasteiger partial charge on any atom is 0.253 e. The van der Waals surface area contributed by atoms with Crippen molar-refractivity contribution >= 4 is 28.6 Å². The molecule has 2 fully saturated rings. The fraction of sp³-hybridized carbons (Fsp3) is 0.656. The van der Waals surface area contributed by atoms with Crippen molar-refractivity contribution in [3.63, 3.8) is 0 Å². The van der Waals surface area contributed by atoms with E-state index in [0.29, 0.717) is 74.7 Å². The normalized spacial score (nSPS) is 18.4. The molecule has 0 spiro atoms. The number of aromatic nitrogens is 1. The van der Waals surface area contributed by atoms with Crippen LogP contribution in [0.2, 0.25) is 0 Å². The molecule has 2 atom stereocenters. The average Bonchev–Trinajstić information content (AvgIpc) is 3.28. The number of nitrogens with one attached hydrogen (secondary N) is 1. The number of primary amides is 1. The Labute approximate surface area is 258 Å². The van der Waals surface area contributed by atoms with Crippen LogP contribution in [0.5, 0.6) is 0 Å². The van der Waals surface area contributed by atoms with Gasteiger partial charge >= 0.3 is 0 Å². The van der Waals surface area contributed by atoms with Crippen molar-refractivity contribution in [2.45, 2.75) is 58.0 Å². The lowest BCUT2D eigenvalue weighted by Gasteiger charge is -2.44. The third kappa shape index (κ3) is 7.25. The average molecular weight is 618 g/mol. The molecule has 1 aliphatic carbocycles. The Bertz CT molecular complexity index is 1300. The first-order valence-corrected chi connectivity index (χ1v) is 15.8. The van der Waals surface area contributed by atoms with Crippen molar-refractivity contribution in [1.82, 2.24) is 19.7 Å². The van der Waals surface area contributed by atoms with Gasteiger partial charge in [0.15, 0.2) is 5.82 Å². The van der Waals surface area contributed by atoms with E-state index in [4.69, 9.17) is 20.3 Å². The highest BCUT2D eigenvalue weighted by atomic mass is 19.1. The second kappa shape index (κ2) is 15.3. The first-order valence-electron chi connectivity index (χ1n) is 15.8. The monoisotopic (exact) mass is 617 g/mol. The number of fused-ring (bicyclic) bond motifs is 1. The van der Waals surface area contributed by atoms with Gasteiger partial charge < -0.3 is 40.0 Å². The highest BCUT2D eigenvalue weighted by Crippen LogP contribution is 2.37. The number of aliphatic hydroxyl groups excluding tert-OH is 1. The number of aliphatic hydroxyl groups is 1. The molecule has 1 aromatic heterocycles. The van der Waals surface area contributed by atoms with Crippen LogP contribution in [0.25, 0.3) is 10.9 Å². The molecule has 1 aromatic carbocycles. The van der Waals surface area contributed by atoms with Crippen molar-refractivity contribution in [2.24, 2.45) is 17.6 Å². The van der Waals surface area contributed by atoms with Crippen molar-refractivity contribution in [2.75, 3.05) is 66.3 Å². The minimum Gasteiger partial charge on any atom is -0.394 e. The van der Waals surface area contributed by atoms with Crippen molar-refractivity contribution in [3.05, 3.63) is 35.3 Å². The van der Waals surface area contributed by atoms with Gasteiger partial charge in [0.1, 0.15) is 5.54 Å². The summed E-state index contributed by atoms with van der Waals surface area (Å²) in [5, 5.41) is 12.2. The van der Waals surface area contributed by atoms with Crippen molar-refractivity contribution in [1.29, 1.82) is 0 Å². The summed E-state index contributed by atoms with van der Waals surface area (Å²) < 4.78 is 27.9. The van der Waals surface area contributed by atoms with Gasteiger partial charge in [0, 0.05) is 43.7 Å². The Morgan fingerprint density at radius 3 is 2.30 bits per heavy atom. The molecule has 3 amide bonds. The Kier molecular flexibility index (Phi) is 11.8. The first-order chi connectivity index (χ1) is 21.1. The van der Waals surface area contributed by atoms with Crippen LogP contribution < -0.4 is 11.1 Å². The van der Waals surface area contributed by atoms with Gasteiger partial charge in [-0.05, 0) is 57.9 Å². The van der Waals surface area contributed by atoms with E-state index in [-0.39, 0.29) is 36.8 Å². The summed E-state index contributed by atoms with van der Waals surface area (Å²) in [5.41, 5.74) is 6.20. The molecule has 2 aromatic rings. The van der Waals surface area contributed by atoms with Gasteiger partial charge in [0.05, 0.1) is 50.2 Å². The van der Waals surface area contributed by atoms with Crippen LogP contribution in [0.3, 0.4) is 0 Å². The summed E-state index contributed by atoms with van der Waals surface area (Å²) in [7, 11) is 1.67. The molecule has 11 nitrogen and oxygen atoms in total. The molecule has 1 saturated heterocycles. The number of hydrogen-bond acceptors (Lipinski definition) is 7. The minimum atomic E-state index is -1.17. The van der Waals surface area contributed by atoms with E-state index in [9.17, 15) is 14.4 Å². The fourth-order valence-corrected chi connectivity index (χ4v) is 6.73. The molecular formula is C32H48FN5O6. The molecule has 0 bridgehead atoms. The number of ether oxygens (including phenoxy) is 2. The maximum atomic E-state index is 15.3. The van der Waals surface area contributed by atoms with Crippen LogP contribution in [0.15, 0.2) is 18.2 Å². The molecular weight excluding hydrogens is 569 g/mol. The largest absolute Gasteiger partial charge is 0.394 e. The SMILES string of the molecule is CNC(C)(C(N)=O)[C@@H](C(=O)N1CCN(C(=O)c2ccc3c(c2)c(F)c(C)n3CCOCCOCCO)CC1)C1CCCCC1. The zero-order valence-electron chi connectivity index (χ0n) is 26.3. The third-order valence-electron chi connectivity index (χ3n) is 9.48. The van der Waals surface area contributed by atoms with Gasteiger partial charge in [-0.1, -0.05) is 19.3 Å². The number of piperazine rings is 1. The molecule has 12 heteroatoms. The standard InChI is InChI=1S/C32H48FN5O6/c1-22-28(33)25-21-24(9-10-26(25)38(22)15-17-43-19-20-44-18-16-39)29(40)36-11-13-37(14-12-36)30(41)27(23-7-5-4-6-8-23)32(2,35-3)31(34)42/h9-10,21,23,27,35,39H,4-8,11-20H2,1-3H3,(H2,34,42)/t27-,32?/m1/s1. The smallest absolute Gasteiger partial charge is 0.253 e. The number of benzene rings is 1. The third-order valence-corrected chi connectivity index (χ3v) is 9.48. The van der Waals surface area contributed by atoms with Gasteiger partial charge in [-0.15, -0.1) is 0 Å². The number of nitrogens with two attached hydrogens (primary N) is 1. The van der Waals surface area contributed by atoms with Crippen LogP contribution in [0.1, 0.15) is 55.1 Å². The van der Waals surface area contributed by atoms with Gasteiger partial charge in [-0.25, -0.2) is 4.39 Å². The number of amides is 3. The molecule has 0 radical (unpaired) electrons. The molecule has 1 saturated carbocycles. The fourth-order valence-electron chi connectivity index (χ4n) is 6.73. The molecule has 2 heterocycles. The van der Waals surface area contributed by atoms with Gasteiger partial charge in [0.25, 0.3) is 5.91 Å². The highest BCUT2D eigenvalue weighted by molar-refractivity contribution is 5.99. The Balaban J connectivity index is 1.40. The topological polar surface area (TPSA) is 139 Å². The summed E-state index contributed by atoms with van der Waals surface area (Å²) in [6, 6.07) is 5.08.